The molecule has 0 aliphatic carbocycles. The van der Waals surface area contributed by atoms with Crippen LogP contribution in [0.15, 0.2) is 60.3 Å². The van der Waals surface area contributed by atoms with Gasteiger partial charge in [0.15, 0.2) is 0 Å². The molecule has 21 heavy (non-hydrogen) atoms. The lowest BCUT2D eigenvalue weighted by atomic mass is 10.1. The second-order valence-electron chi connectivity index (χ2n) is 5.32. The fourth-order valence-corrected chi connectivity index (χ4v) is 2.59. The number of aryl methyl sites for hydroxylation is 1. The summed E-state index contributed by atoms with van der Waals surface area (Å²) in [4.78, 5) is 2.22. The number of nitrogens with two attached hydrogens (primary N) is 1. The van der Waals surface area contributed by atoms with Crippen molar-refractivity contribution in [3.8, 4) is 0 Å². The molecule has 0 bridgehead atoms. The van der Waals surface area contributed by atoms with Gasteiger partial charge in [-0.3, -0.25) is 0 Å². The molecular formula is C19H24N2. The average Bonchev–Trinajstić information content (AvgIpc) is 2.52. The van der Waals surface area contributed by atoms with Gasteiger partial charge in [-0.25, -0.2) is 0 Å². The lowest BCUT2D eigenvalue weighted by molar-refractivity contribution is 0.858. The van der Waals surface area contributed by atoms with E-state index in [0.717, 1.165) is 24.1 Å². The Kier molecular flexibility index (Phi) is 5.04. The normalized spacial score (nSPS) is 12.0. The molecule has 110 valence electrons. The third-order valence-electron chi connectivity index (χ3n) is 3.76. The van der Waals surface area contributed by atoms with E-state index in [1.165, 1.54) is 16.9 Å². The summed E-state index contributed by atoms with van der Waals surface area (Å²) in [5, 5.41) is 0. The van der Waals surface area contributed by atoms with Gasteiger partial charge in [-0.15, -0.1) is 0 Å². The number of allylic oxidation sites excluding steroid dienone is 1. The van der Waals surface area contributed by atoms with Crippen molar-refractivity contribution in [3.63, 3.8) is 0 Å². The van der Waals surface area contributed by atoms with Crippen molar-refractivity contribution in [2.75, 3.05) is 11.9 Å². The number of hydrogen-bond acceptors (Lipinski definition) is 2. The Labute approximate surface area is 127 Å². The SMILES string of the molecule is CCCC(=C(N)c1ccccc1)N(C)c1ccccc1C. The highest BCUT2D eigenvalue weighted by molar-refractivity contribution is 5.71. The van der Waals surface area contributed by atoms with Crippen LogP contribution in [0, 0.1) is 6.92 Å². The highest BCUT2D eigenvalue weighted by Crippen LogP contribution is 2.27. The summed E-state index contributed by atoms with van der Waals surface area (Å²) >= 11 is 0. The van der Waals surface area contributed by atoms with Gasteiger partial charge in [0.05, 0.1) is 5.70 Å². The molecule has 0 radical (unpaired) electrons. The predicted molar refractivity (Wildman–Crippen MR) is 92.0 cm³/mol. The summed E-state index contributed by atoms with van der Waals surface area (Å²) in [6.45, 7) is 4.32. The lowest BCUT2D eigenvalue weighted by Gasteiger charge is -2.26. The molecule has 0 spiro atoms. The fourth-order valence-electron chi connectivity index (χ4n) is 2.59. The molecule has 0 unspecified atom stereocenters. The molecule has 0 saturated carbocycles. The van der Waals surface area contributed by atoms with Crippen LogP contribution in [0.2, 0.25) is 0 Å². The summed E-state index contributed by atoms with van der Waals surface area (Å²) in [6, 6.07) is 18.6. The predicted octanol–water partition coefficient (Wildman–Crippen LogP) is 4.56. The van der Waals surface area contributed by atoms with Crippen LogP contribution in [0.5, 0.6) is 0 Å². The first kappa shape index (κ1) is 15.2. The Morgan fingerprint density at radius 1 is 1.00 bits per heavy atom. The lowest BCUT2D eigenvalue weighted by Crippen LogP contribution is -2.21. The number of para-hydroxylation sites is 1. The van der Waals surface area contributed by atoms with E-state index in [-0.39, 0.29) is 0 Å². The van der Waals surface area contributed by atoms with Crippen LogP contribution in [-0.2, 0) is 0 Å². The van der Waals surface area contributed by atoms with E-state index in [4.69, 9.17) is 5.73 Å². The van der Waals surface area contributed by atoms with Gasteiger partial charge in [0.1, 0.15) is 0 Å². The van der Waals surface area contributed by atoms with E-state index in [2.05, 4.69) is 62.2 Å². The minimum absolute atomic E-state index is 0.864. The van der Waals surface area contributed by atoms with Crippen LogP contribution in [0.1, 0.15) is 30.9 Å². The van der Waals surface area contributed by atoms with Crippen LogP contribution in [0.4, 0.5) is 5.69 Å². The summed E-state index contributed by atoms with van der Waals surface area (Å²) in [5.41, 5.74) is 12.0. The Morgan fingerprint density at radius 2 is 1.62 bits per heavy atom. The molecule has 0 aromatic heterocycles. The Bertz CT molecular complexity index is 614. The molecule has 2 heteroatoms. The number of hydrogen-bond donors (Lipinski definition) is 1. The topological polar surface area (TPSA) is 29.3 Å². The van der Waals surface area contributed by atoms with Crippen molar-refractivity contribution < 1.29 is 0 Å². The molecule has 0 saturated heterocycles. The van der Waals surface area contributed by atoms with Crippen molar-refractivity contribution in [3.05, 3.63) is 71.4 Å². The highest BCUT2D eigenvalue weighted by Gasteiger charge is 2.13. The van der Waals surface area contributed by atoms with Crippen molar-refractivity contribution >= 4 is 11.4 Å². The van der Waals surface area contributed by atoms with Gasteiger partial charge in [-0.2, -0.15) is 0 Å². The Morgan fingerprint density at radius 3 is 2.24 bits per heavy atom. The van der Waals surface area contributed by atoms with Crippen LogP contribution < -0.4 is 10.6 Å². The second kappa shape index (κ2) is 6.98. The Hall–Kier alpha value is -2.22. The maximum absolute atomic E-state index is 6.45. The molecule has 0 amide bonds. The molecule has 2 aromatic carbocycles. The minimum Gasteiger partial charge on any atom is -0.397 e. The van der Waals surface area contributed by atoms with Gasteiger partial charge in [0.2, 0.25) is 0 Å². The summed E-state index contributed by atoms with van der Waals surface area (Å²) in [7, 11) is 2.10. The standard InChI is InChI=1S/C19H24N2/c1-4-10-18(19(20)16-12-6-5-7-13-16)21(3)17-14-9-8-11-15(17)2/h5-9,11-14H,4,10,20H2,1-3H3. The zero-order valence-electron chi connectivity index (χ0n) is 13.1. The van der Waals surface area contributed by atoms with Crippen LogP contribution in [0.3, 0.4) is 0 Å². The monoisotopic (exact) mass is 280 g/mol. The molecule has 0 heterocycles. The molecule has 0 aliphatic rings. The molecular weight excluding hydrogens is 256 g/mol. The Balaban J connectivity index is 2.46. The molecule has 2 rings (SSSR count). The zero-order valence-corrected chi connectivity index (χ0v) is 13.1. The molecule has 2 aromatic rings. The quantitative estimate of drug-likeness (QED) is 0.870. The smallest absolute Gasteiger partial charge is 0.0585 e. The second-order valence-corrected chi connectivity index (χ2v) is 5.32. The molecule has 0 aliphatic heterocycles. The van der Waals surface area contributed by atoms with E-state index in [1.807, 2.05) is 18.2 Å². The first-order valence-corrected chi connectivity index (χ1v) is 7.48. The molecule has 0 fully saturated rings. The minimum atomic E-state index is 0.864. The maximum atomic E-state index is 6.45. The molecule has 2 N–H and O–H groups in total. The number of nitrogens with zero attached hydrogens (tertiary/aromatic N) is 1. The van der Waals surface area contributed by atoms with Crippen molar-refractivity contribution in [2.24, 2.45) is 5.73 Å². The third kappa shape index (κ3) is 3.46. The number of benzene rings is 2. The largest absolute Gasteiger partial charge is 0.397 e. The van der Waals surface area contributed by atoms with E-state index < -0.39 is 0 Å². The summed E-state index contributed by atoms with van der Waals surface area (Å²) in [6.07, 6.45) is 2.03. The van der Waals surface area contributed by atoms with Gasteiger partial charge >= 0.3 is 0 Å². The molecule has 0 atom stereocenters. The summed E-state index contributed by atoms with van der Waals surface area (Å²) in [5.74, 6) is 0. The van der Waals surface area contributed by atoms with Crippen molar-refractivity contribution in [2.45, 2.75) is 26.7 Å². The van der Waals surface area contributed by atoms with E-state index in [1.54, 1.807) is 0 Å². The van der Waals surface area contributed by atoms with Crippen LogP contribution >= 0.6 is 0 Å². The third-order valence-corrected chi connectivity index (χ3v) is 3.76. The number of rotatable bonds is 5. The number of anilines is 1. The van der Waals surface area contributed by atoms with Crippen LogP contribution in [-0.4, -0.2) is 7.05 Å². The molecule has 2 nitrogen and oxygen atoms in total. The van der Waals surface area contributed by atoms with Gasteiger partial charge in [0, 0.05) is 18.4 Å². The van der Waals surface area contributed by atoms with Gasteiger partial charge in [0.25, 0.3) is 0 Å². The fraction of sp³-hybridized carbons (Fsp3) is 0.263. The average molecular weight is 280 g/mol. The van der Waals surface area contributed by atoms with E-state index in [9.17, 15) is 0 Å². The zero-order chi connectivity index (χ0) is 15.2. The van der Waals surface area contributed by atoms with Crippen molar-refractivity contribution in [1.29, 1.82) is 0 Å². The first-order valence-electron chi connectivity index (χ1n) is 7.48. The van der Waals surface area contributed by atoms with Gasteiger partial charge in [-0.1, -0.05) is 61.9 Å². The highest BCUT2D eigenvalue weighted by atomic mass is 15.1. The maximum Gasteiger partial charge on any atom is 0.0585 e. The summed E-state index contributed by atoms with van der Waals surface area (Å²) < 4.78 is 0. The van der Waals surface area contributed by atoms with Crippen molar-refractivity contribution in [1.82, 2.24) is 0 Å². The van der Waals surface area contributed by atoms with Gasteiger partial charge < -0.3 is 10.6 Å². The first-order chi connectivity index (χ1) is 10.1. The van der Waals surface area contributed by atoms with E-state index >= 15 is 0 Å². The van der Waals surface area contributed by atoms with Crippen LogP contribution in [0.25, 0.3) is 5.70 Å². The van der Waals surface area contributed by atoms with Gasteiger partial charge in [-0.05, 0) is 30.5 Å². The van der Waals surface area contributed by atoms with E-state index in [0.29, 0.717) is 0 Å².